The van der Waals surface area contributed by atoms with E-state index in [-0.39, 0.29) is 0 Å². The van der Waals surface area contributed by atoms with Crippen LogP contribution >= 0.6 is 11.6 Å². The fourth-order valence-corrected chi connectivity index (χ4v) is 1.73. The van der Waals surface area contributed by atoms with Crippen LogP contribution in [-0.2, 0) is 6.61 Å². The summed E-state index contributed by atoms with van der Waals surface area (Å²) in [5.74, 6) is 1.39. The normalized spacial score (nSPS) is 10.0. The standard InChI is InChI=1S/C14H13ClO2/c1-16-14-8-7-12(9-13(14)15)17-10-11-5-3-2-4-6-11/h2-9H,10H2,1H3. The quantitative estimate of drug-likeness (QED) is 0.816. The first-order valence-corrected chi connectivity index (χ1v) is 5.67. The molecule has 0 heterocycles. The zero-order valence-corrected chi connectivity index (χ0v) is 10.3. The minimum Gasteiger partial charge on any atom is -0.495 e. The predicted octanol–water partition coefficient (Wildman–Crippen LogP) is 3.93. The highest BCUT2D eigenvalue weighted by Crippen LogP contribution is 2.28. The smallest absolute Gasteiger partial charge is 0.137 e. The number of rotatable bonds is 4. The van der Waals surface area contributed by atoms with Gasteiger partial charge in [-0.3, -0.25) is 0 Å². The summed E-state index contributed by atoms with van der Waals surface area (Å²) in [7, 11) is 1.59. The average Bonchev–Trinajstić information content (AvgIpc) is 2.38. The van der Waals surface area contributed by atoms with Gasteiger partial charge in [-0.1, -0.05) is 41.9 Å². The average molecular weight is 249 g/mol. The van der Waals surface area contributed by atoms with E-state index in [1.54, 1.807) is 19.2 Å². The highest BCUT2D eigenvalue weighted by Gasteiger charge is 2.02. The molecule has 0 fully saturated rings. The van der Waals surface area contributed by atoms with Crippen LogP contribution in [0.15, 0.2) is 48.5 Å². The number of halogens is 1. The lowest BCUT2D eigenvalue weighted by molar-refractivity contribution is 0.305. The summed E-state index contributed by atoms with van der Waals surface area (Å²) in [6.07, 6.45) is 0. The van der Waals surface area contributed by atoms with Gasteiger partial charge in [0.05, 0.1) is 12.1 Å². The van der Waals surface area contributed by atoms with Gasteiger partial charge in [-0.25, -0.2) is 0 Å². The second-order valence-corrected chi connectivity index (χ2v) is 3.98. The van der Waals surface area contributed by atoms with Crippen LogP contribution in [0.2, 0.25) is 5.02 Å². The van der Waals surface area contributed by atoms with E-state index in [1.165, 1.54) is 0 Å². The van der Waals surface area contributed by atoms with Crippen molar-refractivity contribution in [1.82, 2.24) is 0 Å². The number of benzene rings is 2. The van der Waals surface area contributed by atoms with Crippen molar-refractivity contribution in [2.45, 2.75) is 6.61 Å². The van der Waals surface area contributed by atoms with Gasteiger partial charge < -0.3 is 9.47 Å². The van der Waals surface area contributed by atoms with Crippen molar-refractivity contribution in [2.24, 2.45) is 0 Å². The third-order valence-corrected chi connectivity index (χ3v) is 2.67. The van der Waals surface area contributed by atoms with E-state index in [4.69, 9.17) is 21.1 Å². The van der Waals surface area contributed by atoms with Gasteiger partial charge in [0.15, 0.2) is 0 Å². The largest absolute Gasteiger partial charge is 0.495 e. The zero-order chi connectivity index (χ0) is 12.1. The highest BCUT2D eigenvalue weighted by atomic mass is 35.5. The van der Waals surface area contributed by atoms with E-state index in [9.17, 15) is 0 Å². The Kier molecular flexibility index (Phi) is 3.89. The monoisotopic (exact) mass is 248 g/mol. The Labute approximate surface area is 106 Å². The van der Waals surface area contributed by atoms with Crippen molar-refractivity contribution < 1.29 is 9.47 Å². The molecule has 88 valence electrons. The SMILES string of the molecule is COc1ccc(OCc2ccccc2)cc1Cl. The maximum absolute atomic E-state index is 6.01. The molecule has 0 aliphatic carbocycles. The fourth-order valence-electron chi connectivity index (χ4n) is 1.48. The summed E-state index contributed by atoms with van der Waals surface area (Å²) in [6, 6.07) is 15.4. The Morgan fingerprint density at radius 2 is 1.82 bits per heavy atom. The van der Waals surface area contributed by atoms with Crippen molar-refractivity contribution >= 4 is 11.6 Å². The van der Waals surface area contributed by atoms with E-state index >= 15 is 0 Å². The Balaban J connectivity index is 2.02. The molecular formula is C14H13ClO2. The highest BCUT2D eigenvalue weighted by molar-refractivity contribution is 6.32. The van der Waals surface area contributed by atoms with Crippen LogP contribution in [0.25, 0.3) is 0 Å². The van der Waals surface area contributed by atoms with E-state index in [0.29, 0.717) is 17.4 Å². The molecule has 0 saturated heterocycles. The summed E-state index contributed by atoms with van der Waals surface area (Å²) in [5.41, 5.74) is 1.12. The van der Waals surface area contributed by atoms with Crippen LogP contribution < -0.4 is 9.47 Å². The molecule has 0 saturated carbocycles. The predicted molar refractivity (Wildman–Crippen MR) is 68.8 cm³/mol. The van der Waals surface area contributed by atoms with Crippen LogP contribution in [0.5, 0.6) is 11.5 Å². The van der Waals surface area contributed by atoms with Gasteiger partial charge in [-0.2, -0.15) is 0 Å². The molecule has 0 amide bonds. The molecule has 0 aromatic heterocycles. The Bertz CT molecular complexity index is 483. The number of hydrogen-bond acceptors (Lipinski definition) is 2. The maximum atomic E-state index is 6.01. The molecule has 0 unspecified atom stereocenters. The second kappa shape index (κ2) is 5.60. The van der Waals surface area contributed by atoms with Crippen molar-refractivity contribution in [3.8, 4) is 11.5 Å². The number of hydrogen-bond donors (Lipinski definition) is 0. The maximum Gasteiger partial charge on any atom is 0.137 e. The molecule has 0 spiro atoms. The van der Waals surface area contributed by atoms with Gasteiger partial charge in [0.1, 0.15) is 18.1 Å². The zero-order valence-electron chi connectivity index (χ0n) is 9.52. The molecule has 17 heavy (non-hydrogen) atoms. The van der Waals surface area contributed by atoms with Crippen LogP contribution in [0, 0.1) is 0 Å². The van der Waals surface area contributed by atoms with Crippen molar-refractivity contribution in [2.75, 3.05) is 7.11 Å². The number of ether oxygens (including phenoxy) is 2. The Morgan fingerprint density at radius 3 is 2.47 bits per heavy atom. The van der Waals surface area contributed by atoms with Gasteiger partial charge in [0, 0.05) is 6.07 Å². The summed E-state index contributed by atoms with van der Waals surface area (Å²) in [6.45, 7) is 0.531. The first-order valence-electron chi connectivity index (χ1n) is 5.30. The first-order chi connectivity index (χ1) is 8.29. The second-order valence-electron chi connectivity index (χ2n) is 3.57. The molecule has 0 bridgehead atoms. The minimum absolute atomic E-state index is 0.531. The minimum atomic E-state index is 0.531. The third kappa shape index (κ3) is 3.14. The molecule has 2 rings (SSSR count). The first kappa shape index (κ1) is 11.8. The topological polar surface area (TPSA) is 18.5 Å². The van der Waals surface area contributed by atoms with E-state index in [1.807, 2.05) is 36.4 Å². The lowest BCUT2D eigenvalue weighted by Crippen LogP contribution is -1.95. The van der Waals surface area contributed by atoms with Crippen LogP contribution in [0.3, 0.4) is 0 Å². The molecular weight excluding hydrogens is 236 g/mol. The Hall–Kier alpha value is -1.67. The van der Waals surface area contributed by atoms with Gasteiger partial charge >= 0.3 is 0 Å². The van der Waals surface area contributed by atoms with Gasteiger partial charge in [0.2, 0.25) is 0 Å². The lowest BCUT2D eigenvalue weighted by atomic mass is 10.2. The van der Waals surface area contributed by atoms with Gasteiger partial charge in [-0.05, 0) is 17.7 Å². The Morgan fingerprint density at radius 1 is 1.06 bits per heavy atom. The van der Waals surface area contributed by atoms with Crippen molar-refractivity contribution in [1.29, 1.82) is 0 Å². The van der Waals surface area contributed by atoms with E-state index < -0.39 is 0 Å². The number of methoxy groups -OCH3 is 1. The lowest BCUT2D eigenvalue weighted by Gasteiger charge is -2.08. The van der Waals surface area contributed by atoms with Crippen LogP contribution in [0.4, 0.5) is 0 Å². The molecule has 0 aliphatic heterocycles. The van der Waals surface area contributed by atoms with Gasteiger partial charge in [-0.15, -0.1) is 0 Å². The molecule has 0 aliphatic rings. The van der Waals surface area contributed by atoms with Gasteiger partial charge in [0.25, 0.3) is 0 Å². The molecule has 2 aromatic rings. The van der Waals surface area contributed by atoms with E-state index in [0.717, 1.165) is 11.3 Å². The molecule has 2 nitrogen and oxygen atoms in total. The summed E-state index contributed by atoms with van der Waals surface area (Å²) >= 11 is 6.01. The summed E-state index contributed by atoms with van der Waals surface area (Å²) < 4.78 is 10.7. The molecule has 0 atom stereocenters. The van der Waals surface area contributed by atoms with Crippen LogP contribution in [-0.4, -0.2) is 7.11 Å². The summed E-state index contributed by atoms with van der Waals surface area (Å²) in [5, 5.41) is 0.554. The van der Waals surface area contributed by atoms with Crippen LogP contribution in [0.1, 0.15) is 5.56 Å². The van der Waals surface area contributed by atoms with Crippen molar-refractivity contribution in [3.63, 3.8) is 0 Å². The fraction of sp³-hybridized carbons (Fsp3) is 0.143. The summed E-state index contributed by atoms with van der Waals surface area (Å²) in [4.78, 5) is 0. The molecule has 0 radical (unpaired) electrons. The molecule has 2 aromatic carbocycles. The third-order valence-electron chi connectivity index (χ3n) is 2.37. The molecule has 3 heteroatoms. The van der Waals surface area contributed by atoms with E-state index in [2.05, 4.69) is 0 Å². The molecule has 0 N–H and O–H groups in total. The van der Waals surface area contributed by atoms with Crippen molar-refractivity contribution in [3.05, 3.63) is 59.1 Å².